The smallest absolute Gasteiger partial charge is 0.0552 e. The molecular weight excluding hydrogens is 412 g/mol. The molecule has 0 aromatic heterocycles. The van der Waals surface area contributed by atoms with Crippen molar-refractivity contribution in [2.45, 2.75) is 24.9 Å². The Morgan fingerprint density at radius 1 is 1.18 bits per heavy atom. The van der Waals surface area contributed by atoms with E-state index in [0.717, 1.165) is 21.6 Å². The second-order valence-corrected chi connectivity index (χ2v) is 6.34. The highest BCUT2D eigenvalue weighted by atomic mass is 79.9. The molecule has 0 spiro atoms. The molecule has 1 rings (SSSR count). The number of halogens is 3. The Morgan fingerprint density at radius 2 is 1.71 bits per heavy atom. The standard InChI is InChI=1S/C13H17Br3O/c1-10(17-2)7-13(8-14,9-15)11-3-5-12(16)6-4-11/h3-6,10H,7-9H2,1-2H3. The van der Waals surface area contributed by atoms with Crippen molar-refractivity contribution < 1.29 is 4.74 Å². The van der Waals surface area contributed by atoms with Crippen molar-refractivity contribution in [1.82, 2.24) is 0 Å². The van der Waals surface area contributed by atoms with Gasteiger partial charge in [-0.3, -0.25) is 0 Å². The lowest BCUT2D eigenvalue weighted by Crippen LogP contribution is -2.34. The van der Waals surface area contributed by atoms with Crippen LogP contribution in [0.1, 0.15) is 18.9 Å². The zero-order chi connectivity index (χ0) is 12.9. The number of methoxy groups -OCH3 is 1. The fourth-order valence-electron chi connectivity index (χ4n) is 1.85. The first kappa shape index (κ1) is 15.7. The zero-order valence-corrected chi connectivity index (χ0v) is 14.8. The molecule has 1 atom stereocenters. The summed E-state index contributed by atoms with van der Waals surface area (Å²) in [6, 6.07) is 8.53. The van der Waals surface area contributed by atoms with E-state index in [4.69, 9.17) is 4.74 Å². The van der Waals surface area contributed by atoms with Crippen LogP contribution >= 0.6 is 47.8 Å². The molecule has 4 heteroatoms. The predicted molar refractivity (Wildman–Crippen MR) is 84.5 cm³/mol. The van der Waals surface area contributed by atoms with Crippen LogP contribution in [0.4, 0.5) is 0 Å². The first-order valence-electron chi connectivity index (χ1n) is 5.49. The lowest BCUT2D eigenvalue weighted by atomic mass is 9.80. The summed E-state index contributed by atoms with van der Waals surface area (Å²) >= 11 is 10.8. The number of alkyl halides is 2. The van der Waals surface area contributed by atoms with E-state index >= 15 is 0 Å². The number of rotatable bonds is 6. The molecule has 0 bridgehead atoms. The van der Waals surface area contributed by atoms with Gasteiger partial charge in [0.2, 0.25) is 0 Å². The van der Waals surface area contributed by atoms with E-state index in [0.29, 0.717) is 0 Å². The quantitative estimate of drug-likeness (QED) is 0.585. The highest BCUT2D eigenvalue weighted by Crippen LogP contribution is 2.34. The summed E-state index contributed by atoms with van der Waals surface area (Å²) in [6.07, 6.45) is 1.23. The fraction of sp³-hybridized carbons (Fsp3) is 0.538. The Bertz CT molecular complexity index is 333. The maximum Gasteiger partial charge on any atom is 0.0552 e. The Hall–Kier alpha value is 0.620. The summed E-state index contributed by atoms with van der Waals surface area (Å²) in [5.41, 5.74) is 1.41. The summed E-state index contributed by atoms with van der Waals surface area (Å²) in [5.74, 6) is 0. The molecule has 1 aromatic carbocycles. The molecule has 17 heavy (non-hydrogen) atoms. The molecule has 0 amide bonds. The van der Waals surface area contributed by atoms with Crippen LogP contribution in [0.15, 0.2) is 28.7 Å². The first-order chi connectivity index (χ1) is 8.07. The van der Waals surface area contributed by atoms with Gasteiger partial charge in [-0.05, 0) is 31.0 Å². The number of hydrogen-bond acceptors (Lipinski definition) is 1. The van der Waals surface area contributed by atoms with Crippen LogP contribution in [0.5, 0.6) is 0 Å². The minimum atomic E-state index is 0.0795. The first-order valence-corrected chi connectivity index (χ1v) is 8.52. The van der Waals surface area contributed by atoms with Crippen LogP contribution < -0.4 is 0 Å². The molecule has 96 valence electrons. The normalized spacial score (nSPS) is 13.7. The average molecular weight is 429 g/mol. The molecule has 0 aliphatic rings. The van der Waals surface area contributed by atoms with Gasteiger partial charge in [0, 0.05) is 27.7 Å². The Morgan fingerprint density at radius 3 is 2.12 bits per heavy atom. The molecule has 0 N–H and O–H groups in total. The van der Waals surface area contributed by atoms with Gasteiger partial charge in [-0.25, -0.2) is 0 Å². The minimum Gasteiger partial charge on any atom is -0.382 e. The summed E-state index contributed by atoms with van der Waals surface area (Å²) in [7, 11) is 1.76. The highest BCUT2D eigenvalue weighted by Gasteiger charge is 2.32. The van der Waals surface area contributed by atoms with Crippen molar-refractivity contribution in [1.29, 1.82) is 0 Å². The van der Waals surface area contributed by atoms with Gasteiger partial charge in [0.25, 0.3) is 0 Å². The van der Waals surface area contributed by atoms with Gasteiger partial charge >= 0.3 is 0 Å². The van der Waals surface area contributed by atoms with E-state index in [2.05, 4.69) is 79.0 Å². The van der Waals surface area contributed by atoms with E-state index in [-0.39, 0.29) is 11.5 Å². The molecule has 1 nitrogen and oxygen atoms in total. The SMILES string of the molecule is COC(C)CC(CBr)(CBr)c1ccc(Br)cc1. The number of ether oxygens (including phenoxy) is 1. The van der Waals surface area contributed by atoms with Gasteiger partial charge in [0.1, 0.15) is 0 Å². The second kappa shape index (κ2) is 7.27. The predicted octanol–water partition coefficient (Wildman–Crippen LogP) is 4.90. The Balaban J connectivity index is 3.01. The third-order valence-corrected chi connectivity index (χ3v) is 5.72. The molecule has 0 heterocycles. The number of benzene rings is 1. The molecule has 0 saturated heterocycles. The van der Waals surface area contributed by atoms with Crippen LogP contribution in [0.3, 0.4) is 0 Å². The number of hydrogen-bond donors (Lipinski definition) is 0. The highest BCUT2D eigenvalue weighted by molar-refractivity contribution is 9.10. The lowest BCUT2D eigenvalue weighted by Gasteiger charge is -2.33. The molecular formula is C13H17Br3O. The molecule has 0 aliphatic heterocycles. The average Bonchev–Trinajstić information content (AvgIpc) is 2.37. The maximum absolute atomic E-state index is 5.40. The van der Waals surface area contributed by atoms with Crippen LogP contribution in [0.25, 0.3) is 0 Å². The van der Waals surface area contributed by atoms with Crippen molar-refractivity contribution in [2.24, 2.45) is 0 Å². The van der Waals surface area contributed by atoms with Gasteiger partial charge in [0.05, 0.1) is 6.10 Å². The van der Waals surface area contributed by atoms with E-state index in [9.17, 15) is 0 Å². The van der Waals surface area contributed by atoms with Crippen molar-refractivity contribution in [3.8, 4) is 0 Å². The molecule has 0 saturated carbocycles. The summed E-state index contributed by atoms with van der Waals surface area (Å²) in [4.78, 5) is 0. The van der Waals surface area contributed by atoms with Crippen LogP contribution in [0, 0.1) is 0 Å². The molecule has 0 aliphatic carbocycles. The minimum absolute atomic E-state index is 0.0795. The zero-order valence-electron chi connectivity index (χ0n) is 10.1. The third kappa shape index (κ3) is 4.05. The van der Waals surface area contributed by atoms with Crippen molar-refractivity contribution in [2.75, 3.05) is 17.8 Å². The maximum atomic E-state index is 5.40. The summed E-state index contributed by atoms with van der Waals surface area (Å²) < 4.78 is 6.51. The summed E-state index contributed by atoms with van der Waals surface area (Å²) in [6.45, 7) is 2.11. The largest absolute Gasteiger partial charge is 0.382 e. The molecule has 0 radical (unpaired) electrons. The van der Waals surface area contributed by atoms with Crippen molar-refractivity contribution in [3.05, 3.63) is 34.3 Å². The van der Waals surface area contributed by atoms with E-state index in [1.54, 1.807) is 7.11 Å². The fourth-order valence-corrected chi connectivity index (χ4v) is 4.15. The second-order valence-electron chi connectivity index (χ2n) is 4.30. The van der Waals surface area contributed by atoms with Gasteiger partial charge in [-0.15, -0.1) is 0 Å². The van der Waals surface area contributed by atoms with Crippen LogP contribution in [0.2, 0.25) is 0 Å². The van der Waals surface area contributed by atoms with Gasteiger partial charge in [0.15, 0.2) is 0 Å². The van der Waals surface area contributed by atoms with Gasteiger partial charge in [-0.1, -0.05) is 59.9 Å². The third-order valence-electron chi connectivity index (χ3n) is 3.05. The topological polar surface area (TPSA) is 9.23 Å². The Kier molecular flexibility index (Phi) is 6.70. The van der Waals surface area contributed by atoms with Gasteiger partial charge < -0.3 is 4.74 Å². The molecule has 0 fully saturated rings. The van der Waals surface area contributed by atoms with E-state index < -0.39 is 0 Å². The van der Waals surface area contributed by atoms with E-state index in [1.807, 2.05) is 0 Å². The van der Waals surface area contributed by atoms with Crippen LogP contribution in [-0.2, 0) is 10.2 Å². The van der Waals surface area contributed by atoms with Gasteiger partial charge in [-0.2, -0.15) is 0 Å². The molecule has 1 aromatic rings. The Labute approximate surface area is 129 Å². The van der Waals surface area contributed by atoms with E-state index in [1.165, 1.54) is 5.56 Å². The van der Waals surface area contributed by atoms with Crippen molar-refractivity contribution in [3.63, 3.8) is 0 Å². The van der Waals surface area contributed by atoms with Crippen molar-refractivity contribution >= 4 is 47.8 Å². The van der Waals surface area contributed by atoms with Crippen LogP contribution in [-0.4, -0.2) is 23.9 Å². The molecule has 1 unspecified atom stereocenters. The summed E-state index contributed by atoms with van der Waals surface area (Å²) in [5, 5.41) is 1.83. The lowest BCUT2D eigenvalue weighted by molar-refractivity contribution is 0.0945. The monoisotopic (exact) mass is 426 g/mol.